The number of imide groups is 1. The van der Waals surface area contributed by atoms with Crippen molar-refractivity contribution in [2.24, 2.45) is 28.8 Å². The Hall–Kier alpha value is -3.80. The van der Waals surface area contributed by atoms with Crippen molar-refractivity contribution in [3.05, 3.63) is 40.0 Å². The molecule has 1 aromatic carbocycles. The minimum atomic E-state index is -0.645. The number of nitro benzene ring substituents is 1. The summed E-state index contributed by atoms with van der Waals surface area (Å²) in [7, 11) is 0. The van der Waals surface area contributed by atoms with Gasteiger partial charge in [-0.25, -0.2) is 0 Å². The van der Waals surface area contributed by atoms with Gasteiger partial charge in [0, 0.05) is 24.7 Å². The molecule has 0 radical (unpaired) electrons. The van der Waals surface area contributed by atoms with Crippen molar-refractivity contribution in [1.82, 2.24) is 9.91 Å². The lowest BCUT2D eigenvalue weighted by Crippen LogP contribution is -2.43. The Morgan fingerprint density at radius 2 is 1.83 bits per heavy atom. The molecule has 2 heterocycles. The molecule has 4 atom stereocenters. The first kappa shape index (κ1) is 23.9. The highest BCUT2D eigenvalue weighted by atomic mass is 16.6. The highest BCUT2D eigenvalue weighted by Crippen LogP contribution is 2.52. The molecule has 12 heteroatoms. The summed E-state index contributed by atoms with van der Waals surface area (Å²) in [6.07, 6.45) is 6.02. The normalized spacial score (nSPS) is 26.7. The predicted octanol–water partition coefficient (Wildman–Crippen LogP) is 1.37. The fourth-order valence-corrected chi connectivity index (χ4v) is 5.39. The Morgan fingerprint density at radius 1 is 1.17 bits per heavy atom. The summed E-state index contributed by atoms with van der Waals surface area (Å²) < 4.78 is 16.4. The number of hydrogen-bond donors (Lipinski definition) is 0. The summed E-state index contributed by atoms with van der Waals surface area (Å²) in [6.45, 7) is 3.18. The molecule has 0 N–H and O–H groups in total. The van der Waals surface area contributed by atoms with Gasteiger partial charge in [0.05, 0.1) is 42.8 Å². The molecule has 0 spiro atoms. The smallest absolute Gasteiger partial charge is 0.315 e. The number of hydrogen-bond acceptors (Lipinski definition) is 9. The SMILES string of the molecule is CCOc1cc(C=NN2C(=O)C3C4C=CC(C4)C3C2=O)cc([N+](=O)[O-])c1OCC(=O)N1CCOCC1. The number of benzene rings is 1. The van der Waals surface area contributed by atoms with Crippen molar-refractivity contribution >= 4 is 29.6 Å². The average Bonchev–Trinajstić information content (AvgIpc) is 3.56. The number of nitro groups is 1. The molecule has 5 rings (SSSR count). The number of hydrazone groups is 1. The van der Waals surface area contributed by atoms with E-state index >= 15 is 0 Å². The van der Waals surface area contributed by atoms with Crippen molar-refractivity contribution in [2.75, 3.05) is 39.5 Å². The van der Waals surface area contributed by atoms with Gasteiger partial charge < -0.3 is 19.1 Å². The van der Waals surface area contributed by atoms with E-state index in [0.717, 1.165) is 11.4 Å². The number of nitrogens with zero attached hydrogens (tertiary/aromatic N) is 4. The maximum Gasteiger partial charge on any atom is 0.315 e. The van der Waals surface area contributed by atoms with Gasteiger partial charge in [0.2, 0.25) is 5.75 Å². The first-order valence-corrected chi connectivity index (χ1v) is 11.9. The minimum Gasteiger partial charge on any atom is -0.490 e. The van der Waals surface area contributed by atoms with E-state index in [-0.39, 0.29) is 53.2 Å². The van der Waals surface area contributed by atoms with Crippen molar-refractivity contribution in [3.63, 3.8) is 0 Å². The molecule has 2 aliphatic heterocycles. The van der Waals surface area contributed by atoms with Gasteiger partial charge in [0.25, 0.3) is 17.7 Å². The van der Waals surface area contributed by atoms with E-state index < -0.39 is 29.1 Å². The molecule has 12 nitrogen and oxygen atoms in total. The van der Waals surface area contributed by atoms with Crippen molar-refractivity contribution in [3.8, 4) is 11.5 Å². The number of amides is 3. The van der Waals surface area contributed by atoms with Crippen LogP contribution in [0.15, 0.2) is 29.4 Å². The Balaban J connectivity index is 1.36. The van der Waals surface area contributed by atoms with Crippen LogP contribution < -0.4 is 9.47 Å². The summed E-state index contributed by atoms with van der Waals surface area (Å²) in [6, 6.07) is 2.67. The number of fused-ring (bicyclic) bond motifs is 5. The third-order valence-corrected chi connectivity index (χ3v) is 7.03. The van der Waals surface area contributed by atoms with Crippen LogP contribution in [-0.2, 0) is 19.1 Å². The maximum absolute atomic E-state index is 12.8. The Morgan fingerprint density at radius 3 is 2.44 bits per heavy atom. The Labute approximate surface area is 206 Å². The number of morpholine rings is 1. The molecule has 0 aromatic heterocycles. The highest BCUT2D eigenvalue weighted by molar-refractivity contribution is 6.06. The zero-order valence-corrected chi connectivity index (χ0v) is 19.7. The van der Waals surface area contributed by atoms with Gasteiger partial charge in [-0.15, -0.1) is 0 Å². The van der Waals surface area contributed by atoms with Crippen LogP contribution in [0.25, 0.3) is 0 Å². The summed E-state index contributed by atoms with van der Waals surface area (Å²) >= 11 is 0. The lowest BCUT2D eigenvalue weighted by Gasteiger charge is -2.26. The largest absolute Gasteiger partial charge is 0.490 e. The number of carbonyl (C=O) groups is 3. The number of rotatable bonds is 8. The molecule has 2 saturated heterocycles. The van der Waals surface area contributed by atoms with Gasteiger partial charge in [-0.3, -0.25) is 24.5 Å². The van der Waals surface area contributed by atoms with Gasteiger partial charge in [-0.05, 0) is 31.2 Å². The zero-order valence-electron chi connectivity index (χ0n) is 19.7. The lowest BCUT2D eigenvalue weighted by molar-refractivity contribution is -0.385. The van der Waals surface area contributed by atoms with Gasteiger partial charge in [-0.1, -0.05) is 12.2 Å². The molecular formula is C24H26N4O8. The second kappa shape index (κ2) is 9.69. The molecule has 4 unspecified atom stereocenters. The quantitative estimate of drug-likeness (QED) is 0.172. The number of carbonyl (C=O) groups excluding carboxylic acids is 3. The van der Waals surface area contributed by atoms with Crippen molar-refractivity contribution in [2.45, 2.75) is 13.3 Å². The molecule has 2 bridgehead atoms. The minimum absolute atomic E-state index is 0.0545. The monoisotopic (exact) mass is 498 g/mol. The predicted molar refractivity (Wildman–Crippen MR) is 124 cm³/mol. The van der Waals surface area contributed by atoms with Crippen LogP contribution in [0.5, 0.6) is 11.5 Å². The van der Waals surface area contributed by atoms with Crippen LogP contribution in [-0.4, -0.2) is 78.3 Å². The van der Waals surface area contributed by atoms with E-state index in [9.17, 15) is 24.5 Å². The van der Waals surface area contributed by atoms with Crippen LogP contribution in [0.1, 0.15) is 18.9 Å². The molecule has 3 amide bonds. The van der Waals surface area contributed by atoms with E-state index in [0.29, 0.717) is 26.3 Å². The fraction of sp³-hybridized carbons (Fsp3) is 0.500. The Kier molecular flexibility index (Phi) is 6.44. The highest BCUT2D eigenvalue weighted by Gasteiger charge is 2.59. The molecule has 2 aliphatic carbocycles. The van der Waals surface area contributed by atoms with E-state index in [1.54, 1.807) is 11.8 Å². The van der Waals surface area contributed by atoms with Crippen molar-refractivity contribution < 1.29 is 33.5 Å². The van der Waals surface area contributed by atoms with Crippen LogP contribution in [0.2, 0.25) is 0 Å². The second-order valence-corrected chi connectivity index (χ2v) is 9.07. The summed E-state index contributed by atoms with van der Waals surface area (Å²) in [4.78, 5) is 50.9. The van der Waals surface area contributed by atoms with Crippen molar-refractivity contribution in [1.29, 1.82) is 0 Å². The topological polar surface area (TPSA) is 141 Å². The maximum atomic E-state index is 12.8. The third kappa shape index (κ3) is 4.21. The molecule has 190 valence electrons. The Bertz CT molecular complexity index is 1130. The third-order valence-electron chi connectivity index (χ3n) is 7.03. The fourth-order valence-electron chi connectivity index (χ4n) is 5.39. The molecular weight excluding hydrogens is 472 g/mol. The summed E-state index contributed by atoms with van der Waals surface area (Å²) in [5, 5.41) is 16.8. The first-order chi connectivity index (χ1) is 17.4. The van der Waals surface area contributed by atoms with E-state index in [1.165, 1.54) is 18.3 Å². The van der Waals surface area contributed by atoms with Crippen LogP contribution in [0, 0.1) is 33.8 Å². The molecule has 36 heavy (non-hydrogen) atoms. The van der Waals surface area contributed by atoms with Crippen LogP contribution in [0.4, 0.5) is 5.69 Å². The van der Waals surface area contributed by atoms with Crippen LogP contribution >= 0.6 is 0 Å². The van der Waals surface area contributed by atoms with E-state index in [4.69, 9.17) is 14.2 Å². The van der Waals surface area contributed by atoms with Gasteiger partial charge in [0.15, 0.2) is 12.4 Å². The summed E-state index contributed by atoms with van der Waals surface area (Å²) in [5.74, 6) is -1.81. The van der Waals surface area contributed by atoms with Gasteiger partial charge in [0.1, 0.15) is 0 Å². The lowest BCUT2D eigenvalue weighted by atomic mass is 9.85. The average molecular weight is 498 g/mol. The molecule has 4 aliphatic rings. The number of allylic oxidation sites excluding steroid dienone is 2. The van der Waals surface area contributed by atoms with Gasteiger partial charge in [-0.2, -0.15) is 10.1 Å². The first-order valence-electron chi connectivity index (χ1n) is 11.9. The summed E-state index contributed by atoms with van der Waals surface area (Å²) in [5.41, 5.74) is -0.175. The molecule has 1 aromatic rings. The second-order valence-electron chi connectivity index (χ2n) is 9.07. The zero-order chi connectivity index (χ0) is 25.4. The number of ether oxygens (including phenoxy) is 3. The standard InChI is InChI=1S/C24H26N4O8/c1-2-35-18-10-14(12-25-27-23(30)20-15-3-4-16(11-15)21(20)24(27)31)9-17(28(32)33)22(18)36-13-19(29)26-5-7-34-8-6-26/h3-4,9-10,12,15-16,20-21H,2,5-8,11,13H2,1H3. The van der Waals surface area contributed by atoms with E-state index in [2.05, 4.69) is 5.10 Å². The van der Waals surface area contributed by atoms with Crippen LogP contribution in [0.3, 0.4) is 0 Å². The molecule has 3 fully saturated rings. The molecule has 1 saturated carbocycles. The van der Waals surface area contributed by atoms with Gasteiger partial charge >= 0.3 is 5.69 Å². The van der Waals surface area contributed by atoms with E-state index in [1.807, 2.05) is 12.2 Å².